The maximum Gasteiger partial charge on any atom is 0.417 e. The van der Waals surface area contributed by atoms with Gasteiger partial charge in [0.2, 0.25) is 0 Å². The van der Waals surface area contributed by atoms with Crippen molar-refractivity contribution >= 4 is 17.4 Å². The van der Waals surface area contributed by atoms with Crippen LogP contribution in [0.4, 0.5) is 19.0 Å². The smallest absolute Gasteiger partial charge is 0.366 e. The highest BCUT2D eigenvalue weighted by atomic mass is 35.5. The Morgan fingerprint density at radius 1 is 1.39 bits per heavy atom. The fraction of sp³-hybridized carbons (Fsp3) is 0.583. The van der Waals surface area contributed by atoms with E-state index >= 15 is 0 Å². The Morgan fingerprint density at radius 2 is 2.11 bits per heavy atom. The summed E-state index contributed by atoms with van der Waals surface area (Å²) in [6.07, 6.45) is -0.350. The van der Waals surface area contributed by atoms with Gasteiger partial charge in [0, 0.05) is 12.2 Å². The molecule has 1 aromatic heterocycles. The van der Waals surface area contributed by atoms with Crippen molar-refractivity contribution in [1.29, 1.82) is 0 Å². The highest BCUT2D eigenvalue weighted by Crippen LogP contribution is 2.34. The number of hydrogen-bond acceptors (Lipinski definition) is 2. The topological polar surface area (TPSA) is 24.9 Å². The Balaban J connectivity index is 2.15. The minimum atomic E-state index is -4.41. The highest BCUT2D eigenvalue weighted by molar-refractivity contribution is 6.33. The number of halogens is 4. The van der Waals surface area contributed by atoms with Crippen molar-refractivity contribution in [2.75, 3.05) is 5.32 Å². The van der Waals surface area contributed by atoms with Gasteiger partial charge in [-0.2, -0.15) is 13.2 Å². The van der Waals surface area contributed by atoms with Crippen LogP contribution in [0.2, 0.25) is 5.02 Å². The molecule has 1 aliphatic carbocycles. The van der Waals surface area contributed by atoms with Crippen LogP contribution in [0, 0.1) is 5.92 Å². The van der Waals surface area contributed by atoms with Crippen molar-refractivity contribution in [3.63, 3.8) is 0 Å². The first-order chi connectivity index (χ1) is 8.38. The largest absolute Gasteiger partial charge is 0.417 e. The van der Waals surface area contributed by atoms with Gasteiger partial charge in [-0.15, -0.1) is 0 Å². The zero-order valence-electron chi connectivity index (χ0n) is 9.89. The van der Waals surface area contributed by atoms with Gasteiger partial charge < -0.3 is 5.32 Å². The summed E-state index contributed by atoms with van der Waals surface area (Å²) in [6.45, 7) is 2.11. The van der Waals surface area contributed by atoms with Crippen molar-refractivity contribution in [1.82, 2.24) is 4.98 Å². The number of hydrogen-bond donors (Lipinski definition) is 1. The number of anilines is 1. The molecule has 0 spiro atoms. The van der Waals surface area contributed by atoms with Crippen LogP contribution in [0.5, 0.6) is 0 Å². The molecule has 0 amide bonds. The molecule has 0 bridgehead atoms. The van der Waals surface area contributed by atoms with E-state index in [0.29, 0.717) is 11.7 Å². The van der Waals surface area contributed by atoms with Gasteiger partial charge in [-0.25, -0.2) is 4.98 Å². The Kier molecular flexibility index (Phi) is 3.71. The van der Waals surface area contributed by atoms with Crippen molar-refractivity contribution in [2.45, 2.75) is 38.4 Å². The van der Waals surface area contributed by atoms with Crippen LogP contribution in [-0.4, -0.2) is 11.0 Å². The van der Waals surface area contributed by atoms with Gasteiger partial charge in [-0.3, -0.25) is 0 Å². The molecule has 6 heteroatoms. The molecule has 1 N–H and O–H groups in total. The average molecular weight is 279 g/mol. The zero-order valence-corrected chi connectivity index (χ0v) is 10.6. The van der Waals surface area contributed by atoms with Gasteiger partial charge in [0.05, 0.1) is 10.6 Å². The molecule has 0 aromatic carbocycles. The molecule has 0 saturated heterocycles. The van der Waals surface area contributed by atoms with Crippen LogP contribution in [0.3, 0.4) is 0 Å². The average Bonchev–Trinajstić information content (AvgIpc) is 2.66. The van der Waals surface area contributed by atoms with Gasteiger partial charge in [0.25, 0.3) is 0 Å². The molecule has 1 aliphatic rings. The second-order valence-corrected chi connectivity index (χ2v) is 5.12. The van der Waals surface area contributed by atoms with E-state index in [4.69, 9.17) is 11.6 Å². The van der Waals surface area contributed by atoms with Crippen LogP contribution >= 0.6 is 11.6 Å². The minimum Gasteiger partial charge on any atom is -0.366 e. The van der Waals surface area contributed by atoms with Crippen molar-refractivity contribution in [3.05, 3.63) is 22.8 Å². The Hall–Kier alpha value is -0.970. The quantitative estimate of drug-likeness (QED) is 0.870. The van der Waals surface area contributed by atoms with Crippen molar-refractivity contribution < 1.29 is 13.2 Å². The fourth-order valence-corrected chi connectivity index (χ4v) is 2.46. The summed E-state index contributed by atoms with van der Waals surface area (Å²) in [5.41, 5.74) is -0.822. The second kappa shape index (κ2) is 4.96. The number of alkyl halides is 3. The number of aromatic nitrogens is 1. The first-order valence-electron chi connectivity index (χ1n) is 5.87. The molecule has 0 radical (unpaired) electrons. The lowest BCUT2D eigenvalue weighted by atomic mass is 10.1. The Labute approximate surface area is 109 Å². The summed E-state index contributed by atoms with van der Waals surface area (Å²) in [6, 6.07) is 1.16. The minimum absolute atomic E-state index is 0.0175. The fourth-order valence-electron chi connectivity index (χ4n) is 2.23. The van der Waals surface area contributed by atoms with E-state index in [-0.39, 0.29) is 11.1 Å². The monoisotopic (exact) mass is 278 g/mol. The van der Waals surface area contributed by atoms with Crippen LogP contribution in [0.1, 0.15) is 31.7 Å². The maximum absolute atomic E-state index is 12.4. The number of nitrogens with zero attached hydrogens (tertiary/aromatic N) is 1. The molecule has 1 aromatic rings. The molecule has 100 valence electrons. The summed E-state index contributed by atoms with van der Waals surface area (Å²) in [7, 11) is 0. The van der Waals surface area contributed by atoms with E-state index < -0.39 is 11.7 Å². The lowest BCUT2D eigenvalue weighted by Gasteiger charge is -2.19. The lowest BCUT2D eigenvalue weighted by Crippen LogP contribution is -2.22. The highest BCUT2D eigenvalue weighted by Gasteiger charge is 2.32. The van der Waals surface area contributed by atoms with Gasteiger partial charge in [-0.05, 0) is 24.8 Å². The molecule has 2 rings (SSSR count). The third-order valence-corrected chi connectivity index (χ3v) is 3.64. The molecule has 2 nitrogen and oxygen atoms in total. The number of pyridine rings is 1. The lowest BCUT2D eigenvalue weighted by molar-refractivity contribution is -0.137. The van der Waals surface area contributed by atoms with E-state index in [2.05, 4.69) is 17.2 Å². The van der Waals surface area contributed by atoms with Crippen LogP contribution in [-0.2, 0) is 6.18 Å². The summed E-state index contributed by atoms with van der Waals surface area (Å²) in [4.78, 5) is 3.78. The normalized spacial score (nSPS) is 24.3. The first-order valence-corrected chi connectivity index (χ1v) is 6.25. The standard InChI is InChI=1S/C12H14ClF3N2/c1-7-3-2-4-10(7)18-11-9(13)5-8(6-17-11)12(14,15)16/h5-7,10H,2-4H2,1H3,(H,17,18). The molecule has 1 heterocycles. The number of nitrogens with one attached hydrogen (secondary N) is 1. The number of rotatable bonds is 2. The SMILES string of the molecule is CC1CCCC1Nc1ncc(C(F)(F)F)cc1Cl. The molecule has 0 aliphatic heterocycles. The Bertz CT molecular complexity index is 434. The molecule has 1 fully saturated rings. The molecule has 2 unspecified atom stereocenters. The van der Waals surface area contributed by atoms with Crippen LogP contribution in [0.15, 0.2) is 12.3 Å². The van der Waals surface area contributed by atoms with E-state index in [1.165, 1.54) is 0 Å². The molecule has 18 heavy (non-hydrogen) atoms. The molecule has 2 atom stereocenters. The molecular weight excluding hydrogens is 265 g/mol. The maximum atomic E-state index is 12.4. The summed E-state index contributed by atoms with van der Waals surface area (Å²) < 4.78 is 37.3. The van der Waals surface area contributed by atoms with Gasteiger partial charge >= 0.3 is 6.18 Å². The first kappa shape index (κ1) is 13.5. The van der Waals surface area contributed by atoms with Crippen molar-refractivity contribution in [2.24, 2.45) is 5.92 Å². The van der Waals surface area contributed by atoms with Crippen LogP contribution < -0.4 is 5.32 Å². The van der Waals surface area contributed by atoms with Gasteiger partial charge in [-0.1, -0.05) is 24.9 Å². The van der Waals surface area contributed by atoms with Gasteiger partial charge in [0.15, 0.2) is 0 Å². The molecular formula is C12H14ClF3N2. The van der Waals surface area contributed by atoms with E-state index in [1.807, 2.05) is 0 Å². The molecule has 1 saturated carbocycles. The predicted octanol–water partition coefficient (Wildman–Crippen LogP) is 4.35. The van der Waals surface area contributed by atoms with E-state index in [1.54, 1.807) is 0 Å². The summed E-state index contributed by atoms with van der Waals surface area (Å²) in [5, 5.41) is 3.14. The van der Waals surface area contributed by atoms with Crippen molar-refractivity contribution in [3.8, 4) is 0 Å². The Morgan fingerprint density at radius 3 is 2.61 bits per heavy atom. The second-order valence-electron chi connectivity index (χ2n) is 4.71. The summed E-state index contributed by atoms with van der Waals surface area (Å²) in [5.74, 6) is 0.827. The third kappa shape index (κ3) is 2.88. The third-order valence-electron chi connectivity index (χ3n) is 3.35. The van der Waals surface area contributed by atoms with Crippen LogP contribution in [0.25, 0.3) is 0 Å². The van der Waals surface area contributed by atoms with E-state index in [0.717, 1.165) is 31.5 Å². The zero-order chi connectivity index (χ0) is 13.3. The predicted molar refractivity (Wildman–Crippen MR) is 64.7 cm³/mol. The summed E-state index contributed by atoms with van der Waals surface area (Å²) >= 11 is 5.84. The van der Waals surface area contributed by atoms with E-state index in [9.17, 15) is 13.2 Å². The van der Waals surface area contributed by atoms with Gasteiger partial charge in [0.1, 0.15) is 5.82 Å².